The standard InChI is InChI=1S/C20H18ClN5O2S/c21-13-4-6-14(7-5-13)23-18(27)12-26-10-8-15-17(11-26)29-20(24-15)25-19(28)16-3-1-2-9-22-16/h1-7,9H,8,10-12H2,(H,23,27)(H,24,25,28). The van der Waals surface area contributed by atoms with Crippen LogP contribution >= 0.6 is 22.9 Å². The lowest BCUT2D eigenvalue weighted by Gasteiger charge is -2.25. The number of carbonyl (C=O) groups excluding carboxylic acids is 2. The number of rotatable bonds is 5. The van der Waals surface area contributed by atoms with Crippen molar-refractivity contribution in [2.45, 2.75) is 13.0 Å². The summed E-state index contributed by atoms with van der Waals surface area (Å²) in [5, 5.41) is 6.86. The third kappa shape index (κ3) is 4.97. The van der Waals surface area contributed by atoms with Crippen LogP contribution in [0.4, 0.5) is 10.8 Å². The molecule has 0 saturated heterocycles. The van der Waals surface area contributed by atoms with Gasteiger partial charge in [0.15, 0.2) is 5.13 Å². The number of benzene rings is 1. The van der Waals surface area contributed by atoms with E-state index in [1.807, 2.05) is 0 Å². The zero-order chi connectivity index (χ0) is 20.2. The van der Waals surface area contributed by atoms with E-state index in [0.717, 1.165) is 29.2 Å². The first-order valence-electron chi connectivity index (χ1n) is 9.05. The summed E-state index contributed by atoms with van der Waals surface area (Å²) in [5.41, 5.74) is 2.04. The van der Waals surface area contributed by atoms with Gasteiger partial charge in [0.2, 0.25) is 5.91 Å². The highest BCUT2D eigenvalue weighted by Gasteiger charge is 2.23. The fourth-order valence-corrected chi connectivity index (χ4v) is 4.20. The Morgan fingerprint density at radius 2 is 1.97 bits per heavy atom. The second-order valence-electron chi connectivity index (χ2n) is 6.57. The number of anilines is 2. The molecule has 2 amide bonds. The molecule has 2 N–H and O–H groups in total. The molecule has 3 heterocycles. The van der Waals surface area contributed by atoms with Crippen LogP contribution in [-0.2, 0) is 17.8 Å². The summed E-state index contributed by atoms with van der Waals surface area (Å²) >= 11 is 7.30. The maximum atomic E-state index is 12.3. The van der Waals surface area contributed by atoms with E-state index in [1.165, 1.54) is 11.3 Å². The van der Waals surface area contributed by atoms with Crippen LogP contribution < -0.4 is 10.6 Å². The first-order chi connectivity index (χ1) is 14.1. The van der Waals surface area contributed by atoms with Crippen LogP contribution in [-0.4, -0.2) is 39.8 Å². The average molecular weight is 428 g/mol. The maximum absolute atomic E-state index is 12.3. The minimum absolute atomic E-state index is 0.0797. The Morgan fingerprint density at radius 3 is 2.72 bits per heavy atom. The van der Waals surface area contributed by atoms with Crippen molar-refractivity contribution < 1.29 is 9.59 Å². The smallest absolute Gasteiger partial charge is 0.276 e. The fourth-order valence-electron chi connectivity index (χ4n) is 3.03. The summed E-state index contributed by atoms with van der Waals surface area (Å²) in [4.78, 5) is 36.3. The topological polar surface area (TPSA) is 87.2 Å². The molecule has 0 spiro atoms. The lowest BCUT2D eigenvalue weighted by Crippen LogP contribution is -2.36. The molecule has 148 valence electrons. The van der Waals surface area contributed by atoms with Crippen molar-refractivity contribution >= 4 is 45.6 Å². The summed E-state index contributed by atoms with van der Waals surface area (Å²) in [6, 6.07) is 12.2. The molecule has 1 aliphatic rings. The largest absolute Gasteiger partial charge is 0.325 e. The van der Waals surface area contributed by atoms with Gasteiger partial charge < -0.3 is 5.32 Å². The van der Waals surface area contributed by atoms with E-state index >= 15 is 0 Å². The molecule has 0 fully saturated rings. The number of amides is 2. The monoisotopic (exact) mass is 427 g/mol. The van der Waals surface area contributed by atoms with Crippen molar-refractivity contribution in [2.24, 2.45) is 0 Å². The Balaban J connectivity index is 1.34. The highest BCUT2D eigenvalue weighted by molar-refractivity contribution is 7.15. The van der Waals surface area contributed by atoms with Gasteiger partial charge in [-0.05, 0) is 36.4 Å². The number of thiazole rings is 1. The van der Waals surface area contributed by atoms with Crippen molar-refractivity contribution in [1.82, 2.24) is 14.9 Å². The Labute approximate surface area is 176 Å². The Morgan fingerprint density at radius 1 is 1.14 bits per heavy atom. The molecule has 0 atom stereocenters. The summed E-state index contributed by atoms with van der Waals surface area (Å²) < 4.78 is 0. The SMILES string of the molecule is O=C(CN1CCc2nc(NC(=O)c3ccccn3)sc2C1)Nc1ccc(Cl)cc1. The van der Waals surface area contributed by atoms with Crippen LogP contribution in [0.1, 0.15) is 21.1 Å². The average Bonchev–Trinajstić information content (AvgIpc) is 3.12. The molecule has 2 aromatic heterocycles. The molecule has 1 aromatic carbocycles. The van der Waals surface area contributed by atoms with Crippen molar-refractivity contribution in [3.05, 3.63) is 69.9 Å². The number of halogens is 1. The molecule has 0 unspecified atom stereocenters. The predicted molar refractivity (Wildman–Crippen MR) is 113 cm³/mol. The van der Waals surface area contributed by atoms with Gasteiger partial charge in [0.25, 0.3) is 5.91 Å². The normalized spacial score (nSPS) is 13.6. The van der Waals surface area contributed by atoms with Crippen molar-refractivity contribution in [1.29, 1.82) is 0 Å². The van der Waals surface area contributed by atoms with Crippen molar-refractivity contribution in [3.63, 3.8) is 0 Å². The van der Waals surface area contributed by atoms with Crippen LogP contribution in [0.15, 0.2) is 48.7 Å². The van der Waals surface area contributed by atoms with E-state index in [-0.39, 0.29) is 18.4 Å². The predicted octanol–water partition coefficient (Wildman–Crippen LogP) is 3.44. The maximum Gasteiger partial charge on any atom is 0.276 e. The lowest BCUT2D eigenvalue weighted by molar-refractivity contribution is -0.117. The molecule has 0 aliphatic carbocycles. The fraction of sp³-hybridized carbons (Fsp3) is 0.200. The summed E-state index contributed by atoms with van der Waals surface area (Å²) in [7, 11) is 0. The van der Waals surface area contributed by atoms with Gasteiger partial charge in [-0.1, -0.05) is 17.7 Å². The number of aromatic nitrogens is 2. The van der Waals surface area contributed by atoms with E-state index < -0.39 is 0 Å². The van der Waals surface area contributed by atoms with Crippen LogP contribution in [0.3, 0.4) is 0 Å². The first-order valence-corrected chi connectivity index (χ1v) is 10.2. The van der Waals surface area contributed by atoms with E-state index in [0.29, 0.717) is 22.4 Å². The Kier molecular flexibility index (Phi) is 5.84. The van der Waals surface area contributed by atoms with E-state index in [4.69, 9.17) is 11.6 Å². The highest BCUT2D eigenvalue weighted by Crippen LogP contribution is 2.28. The number of hydrogen-bond acceptors (Lipinski definition) is 6. The molecular weight excluding hydrogens is 410 g/mol. The minimum atomic E-state index is -0.282. The Hall–Kier alpha value is -2.81. The highest BCUT2D eigenvalue weighted by atomic mass is 35.5. The van der Waals surface area contributed by atoms with Gasteiger partial charge in [-0.15, -0.1) is 11.3 Å². The van der Waals surface area contributed by atoms with Crippen molar-refractivity contribution in [2.75, 3.05) is 23.7 Å². The van der Waals surface area contributed by atoms with E-state index in [1.54, 1.807) is 48.7 Å². The minimum Gasteiger partial charge on any atom is -0.325 e. The molecular formula is C20H18ClN5O2S. The third-order valence-corrected chi connectivity index (χ3v) is 5.67. The second-order valence-corrected chi connectivity index (χ2v) is 8.09. The summed E-state index contributed by atoms with van der Waals surface area (Å²) in [6.07, 6.45) is 2.31. The quantitative estimate of drug-likeness (QED) is 0.651. The number of fused-ring (bicyclic) bond motifs is 1. The number of nitrogens with zero attached hydrogens (tertiary/aromatic N) is 3. The molecule has 0 bridgehead atoms. The first kappa shape index (κ1) is 19.5. The molecule has 0 radical (unpaired) electrons. The number of nitrogens with one attached hydrogen (secondary N) is 2. The molecule has 7 nitrogen and oxygen atoms in total. The number of pyridine rings is 1. The van der Waals surface area contributed by atoms with E-state index in [9.17, 15) is 9.59 Å². The molecule has 0 saturated carbocycles. The second kappa shape index (κ2) is 8.69. The van der Waals surface area contributed by atoms with Crippen LogP contribution in [0, 0.1) is 0 Å². The van der Waals surface area contributed by atoms with Gasteiger partial charge in [-0.2, -0.15) is 0 Å². The van der Waals surface area contributed by atoms with Crippen LogP contribution in [0.25, 0.3) is 0 Å². The van der Waals surface area contributed by atoms with Gasteiger partial charge in [-0.3, -0.25) is 24.8 Å². The van der Waals surface area contributed by atoms with Crippen LogP contribution in [0.5, 0.6) is 0 Å². The van der Waals surface area contributed by atoms with E-state index in [2.05, 4.69) is 25.5 Å². The zero-order valence-electron chi connectivity index (χ0n) is 15.4. The van der Waals surface area contributed by atoms with Gasteiger partial charge in [0, 0.05) is 41.3 Å². The zero-order valence-corrected chi connectivity index (χ0v) is 17.0. The van der Waals surface area contributed by atoms with Gasteiger partial charge in [0.1, 0.15) is 5.69 Å². The molecule has 4 rings (SSSR count). The van der Waals surface area contributed by atoms with Crippen LogP contribution in [0.2, 0.25) is 5.02 Å². The lowest BCUT2D eigenvalue weighted by atomic mass is 10.2. The number of hydrogen-bond donors (Lipinski definition) is 2. The summed E-state index contributed by atoms with van der Waals surface area (Å²) in [6.45, 7) is 1.65. The van der Waals surface area contributed by atoms with Gasteiger partial charge >= 0.3 is 0 Å². The van der Waals surface area contributed by atoms with Gasteiger partial charge in [0.05, 0.1) is 12.2 Å². The summed E-state index contributed by atoms with van der Waals surface area (Å²) in [5.74, 6) is -0.361. The molecule has 3 aromatic rings. The Bertz CT molecular complexity index is 1020. The third-order valence-electron chi connectivity index (χ3n) is 4.42. The number of carbonyl (C=O) groups is 2. The molecule has 29 heavy (non-hydrogen) atoms. The molecule has 9 heteroatoms. The molecule has 1 aliphatic heterocycles. The van der Waals surface area contributed by atoms with Crippen molar-refractivity contribution in [3.8, 4) is 0 Å². The van der Waals surface area contributed by atoms with Gasteiger partial charge in [-0.25, -0.2) is 4.98 Å².